The Morgan fingerprint density at radius 1 is 1.14 bits per heavy atom. The maximum absolute atomic E-state index is 13.9. The molecule has 1 fully saturated rings. The fraction of sp³-hybridized carbons (Fsp3) is 0.478. The van der Waals surface area contributed by atoms with Crippen molar-refractivity contribution >= 4 is 65.6 Å². The van der Waals surface area contributed by atoms with Crippen molar-refractivity contribution in [2.24, 2.45) is 5.92 Å². The zero-order valence-electron chi connectivity index (χ0n) is 20.6. The molecule has 1 aliphatic rings. The monoisotopic (exact) mass is 572 g/mol. The second kappa shape index (κ2) is 11.2. The molecule has 13 heteroatoms. The van der Waals surface area contributed by atoms with Gasteiger partial charge in [0.1, 0.15) is 25.9 Å². The highest BCUT2D eigenvalue weighted by Crippen LogP contribution is 2.41. The number of anilines is 1. The number of fused-ring (bicyclic) bond motifs is 1. The molecule has 4 rings (SSSR count). The molecule has 1 aliphatic heterocycles. The van der Waals surface area contributed by atoms with Crippen LogP contribution in [0.3, 0.4) is 0 Å². The molecule has 0 aliphatic carbocycles. The molecule has 3 heterocycles. The van der Waals surface area contributed by atoms with E-state index in [1.807, 2.05) is 25.1 Å². The first-order valence-electron chi connectivity index (χ1n) is 11.4. The summed E-state index contributed by atoms with van der Waals surface area (Å²) in [6, 6.07) is 6.69. The number of amides is 1. The number of halogens is 1. The van der Waals surface area contributed by atoms with Crippen LogP contribution in [0.2, 0.25) is 4.34 Å². The number of likely N-dealkylation sites (N-methyl/N-ethyl adjacent to an activating group) is 1. The average Bonchev–Trinajstić information content (AvgIpc) is 3.50. The molecule has 0 N–H and O–H groups in total. The van der Waals surface area contributed by atoms with Gasteiger partial charge in [0.15, 0.2) is 5.13 Å². The van der Waals surface area contributed by atoms with Crippen LogP contribution in [0.5, 0.6) is 11.5 Å². The van der Waals surface area contributed by atoms with E-state index in [0.717, 1.165) is 16.0 Å². The third kappa shape index (κ3) is 5.48. The van der Waals surface area contributed by atoms with Crippen LogP contribution in [0.1, 0.15) is 12.8 Å². The minimum Gasteiger partial charge on any atom is -0.495 e. The molecule has 1 unspecified atom stereocenters. The normalized spacial score (nSPS) is 17.0. The van der Waals surface area contributed by atoms with Crippen molar-refractivity contribution in [1.29, 1.82) is 0 Å². The third-order valence-corrected chi connectivity index (χ3v) is 10.7. The Bertz CT molecular complexity index is 1300. The molecule has 0 radical (unpaired) electrons. The molecular weight excluding hydrogens is 544 g/mol. The van der Waals surface area contributed by atoms with Gasteiger partial charge in [-0.1, -0.05) is 22.9 Å². The van der Waals surface area contributed by atoms with Crippen molar-refractivity contribution in [3.8, 4) is 11.5 Å². The van der Waals surface area contributed by atoms with Gasteiger partial charge >= 0.3 is 0 Å². The fourth-order valence-corrected chi connectivity index (χ4v) is 8.40. The number of carbonyl (C=O) groups excluding carboxylic acids is 1. The van der Waals surface area contributed by atoms with Gasteiger partial charge in [-0.2, -0.15) is 4.31 Å². The third-order valence-electron chi connectivity index (χ3n) is 6.04. The molecule has 1 aromatic carbocycles. The molecule has 9 nitrogen and oxygen atoms in total. The Morgan fingerprint density at radius 3 is 2.50 bits per heavy atom. The van der Waals surface area contributed by atoms with Gasteiger partial charge in [0.25, 0.3) is 10.0 Å². The number of nitrogens with zero attached hydrogens (tertiary/aromatic N) is 4. The molecule has 1 atom stereocenters. The number of thiophene rings is 1. The summed E-state index contributed by atoms with van der Waals surface area (Å²) in [4.78, 5) is 22.3. The van der Waals surface area contributed by atoms with E-state index in [2.05, 4.69) is 0 Å². The first kappa shape index (κ1) is 27.1. The number of carbonyl (C=O) groups is 1. The summed E-state index contributed by atoms with van der Waals surface area (Å²) in [7, 11) is 3.32. The summed E-state index contributed by atoms with van der Waals surface area (Å²) in [5, 5.41) is 0.532. The van der Waals surface area contributed by atoms with E-state index in [-0.39, 0.29) is 16.7 Å². The fourth-order valence-electron chi connectivity index (χ4n) is 4.14. The lowest BCUT2D eigenvalue weighted by atomic mass is 9.98. The van der Waals surface area contributed by atoms with E-state index in [9.17, 15) is 13.2 Å². The highest BCUT2D eigenvalue weighted by molar-refractivity contribution is 7.91. The standard InChI is InChI=1S/C23H29ClN4O5S3/c1-26(2)12-13-28(23-25-20-16(32-3)7-8-17(33-4)21(20)35-23)22(29)15-6-5-11-27(14-15)36(30,31)19-10-9-18(24)34-19/h7-10,15H,5-6,11-14H2,1-4H3. The van der Waals surface area contributed by atoms with Gasteiger partial charge in [-0.05, 0) is 51.2 Å². The number of rotatable bonds is 9. The van der Waals surface area contributed by atoms with Crippen LogP contribution in [0.15, 0.2) is 28.5 Å². The van der Waals surface area contributed by atoms with Crippen molar-refractivity contribution in [3.05, 3.63) is 28.6 Å². The number of sulfonamides is 1. The van der Waals surface area contributed by atoms with Crippen LogP contribution in [0.4, 0.5) is 5.13 Å². The summed E-state index contributed by atoms with van der Waals surface area (Å²) in [6.07, 6.45) is 1.20. The molecule has 0 spiro atoms. The molecule has 0 saturated carbocycles. The summed E-state index contributed by atoms with van der Waals surface area (Å²) >= 11 is 8.36. The second-order valence-corrected chi connectivity index (χ2v) is 13.6. The lowest BCUT2D eigenvalue weighted by Crippen LogP contribution is -2.48. The molecule has 3 aromatic rings. The quantitative estimate of drug-likeness (QED) is 0.382. The summed E-state index contributed by atoms with van der Waals surface area (Å²) in [6.45, 7) is 1.53. The van der Waals surface area contributed by atoms with Gasteiger partial charge in [-0.3, -0.25) is 9.69 Å². The Balaban J connectivity index is 1.65. The second-order valence-electron chi connectivity index (χ2n) is 8.70. The first-order chi connectivity index (χ1) is 17.1. The maximum atomic E-state index is 13.9. The van der Waals surface area contributed by atoms with E-state index in [0.29, 0.717) is 59.0 Å². The molecular formula is C23H29ClN4O5S3. The number of piperidine rings is 1. The van der Waals surface area contributed by atoms with Crippen LogP contribution < -0.4 is 14.4 Å². The number of ether oxygens (including phenoxy) is 2. The summed E-state index contributed by atoms with van der Waals surface area (Å²) < 4.78 is 40.2. The van der Waals surface area contributed by atoms with Crippen molar-refractivity contribution in [1.82, 2.24) is 14.2 Å². The highest BCUT2D eigenvalue weighted by Gasteiger charge is 2.37. The van der Waals surface area contributed by atoms with Gasteiger partial charge in [0.05, 0.1) is 24.5 Å². The number of methoxy groups -OCH3 is 2. The van der Waals surface area contributed by atoms with Crippen LogP contribution >= 0.6 is 34.3 Å². The van der Waals surface area contributed by atoms with Gasteiger partial charge in [0.2, 0.25) is 5.91 Å². The van der Waals surface area contributed by atoms with Gasteiger partial charge < -0.3 is 14.4 Å². The van der Waals surface area contributed by atoms with Crippen LogP contribution in [0.25, 0.3) is 10.2 Å². The lowest BCUT2D eigenvalue weighted by molar-refractivity contribution is -0.123. The van der Waals surface area contributed by atoms with Gasteiger partial charge in [-0.25, -0.2) is 13.4 Å². The Kier molecular flexibility index (Phi) is 8.42. The highest BCUT2D eigenvalue weighted by atomic mass is 35.5. The van der Waals surface area contributed by atoms with E-state index in [1.54, 1.807) is 31.3 Å². The average molecular weight is 573 g/mol. The van der Waals surface area contributed by atoms with Crippen LogP contribution in [-0.2, 0) is 14.8 Å². The minimum absolute atomic E-state index is 0.118. The van der Waals surface area contributed by atoms with Crippen molar-refractivity contribution in [2.75, 3.05) is 59.4 Å². The number of benzene rings is 1. The molecule has 2 aromatic heterocycles. The number of hydrogen-bond donors (Lipinski definition) is 0. The molecule has 196 valence electrons. The van der Waals surface area contributed by atoms with Crippen molar-refractivity contribution in [3.63, 3.8) is 0 Å². The van der Waals surface area contributed by atoms with E-state index >= 15 is 0 Å². The van der Waals surface area contributed by atoms with Crippen molar-refractivity contribution < 1.29 is 22.7 Å². The van der Waals surface area contributed by atoms with Gasteiger partial charge in [-0.15, -0.1) is 11.3 Å². The summed E-state index contributed by atoms with van der Waals surface area (Å²) in [5.74, 6) is 0.622. The molecule has 36 heavy (non-hydrogen) atoms. The number of aromatic nitrogens is 1. The Labute approximate surface area is 224 Å². The topological polar surface area (TPSA) is 92.3 Å². The minimum atomic E-state index is -3.72. The SMILES string of the molecule is COc1ccc(OC)c2sc(N(CCN(C)C)C(=O)C3CCCN(S(=O)(=O)c4ccc(Cl)s4)C3)nc12. The van der Waals surface area contributed by atoms with Crippen LogP contribution in [-0.4, -0.2) is 83.0 Å². The zero-order chi connectivity index (χ0) is 26.0. The lowest BCUT2D eigenvalue weighted by Gasteiger charge is -2.33. The predicted octanol–water partition coefficient (Wildman–Crippen LogP) is 4.02. The first-order valence-corrected chi connectivity index (χ1v) is 14.8. The largest absolute Gasteiger partial charge is 0.495 e. The van der Waals surface area contributed by atoms with Crippen molar-refractivity contribution in [2.45, 2.75) is 17.1 Å². The van der Waals surface area contributed by atoms with E-state index in [4.69, 9.17) is 26.1 Å². The van der Waals surface area contributed by atoms with Gasteiger partial charge in [0, 0.05) is 26.2 Å². The number of hydrogen-bond acceptors (Lipinski definition) is 9. The summed E-state index contributed by atoms with van der Waals surface area (Å²) in [5.41, 5.74) is 0.627. The molecule has 1 saturated heterocycles. The Morgan fingerprint density at radius 2 is 1.86 bits per heavy atom. The molecule has 1 amide bonds. The van der Waals surface area contributed by atoms with E-state index in [1.165, 1.54) is 21.7 Å². The molecule has 0 bridgehead atoms. The smallest absolute Gasteiger partial charge is 0.252 e. The number of thiazole rings is 1. The van der Waals surface area contributed by atoms with E-state index < -0.39 is 15.9 Å². The Hall–Kier alpha value is -1.96. The predicted molar refractivity (Wildman–Crippen MR) is 144 cm³/mol. The maximum Gasteiger partial charge on any atom is 0.252 e. The zero-order valence-corrected chi connectivity index (χ0v) is 23.8. The van der Waals surface area contributed by atoms with Crippen LogP contribution in [0, 0.1) is 5.92 Å².